The Kier molecular flexibility index (Phi) is 12.2. The van der Waals surface area contributed by atoms with Gasteiger partial charge in [0.1, 0.15) is 24.2 Å². The van der Waals surface area contributed by atoms with Crippen LogP contribution in [0.15, 0.2) is 115 Å². The molecule has 5 aromatic heterocycles. The number of fused-ring (bicyclic) bond motifs is 3. The number of rotatable bonds is 13. The Labute approximate surface area is 399 Å². The minimum atomic E-state index is -1.27. The summed E-state index contributed by atoms with van der Waals surface area (Å²) in [4.78, 5) is 101. The monoisotopic (exact) mass is 946 g/mol. The molecule has 1 aliphatic carbocycles. The number of aromatic nitrogens is 7. The van der Waals surface area contributed by atoms with Gasteiger partial charge < -0.3 is 40.9 Å². The van der Waals surface area contributed by atoms with Crippen molar-refractivity contribution in [3.05, 3.63) is 137 Å². The molecule has 5 amide bonds. The minimum absolute atomic E-state index is 0.0351. The zero-order chi connectivity index (χ0) is 48.7. The fourth-order valence-corrected chi connectivity index (χ4v) is 9.94. The number of likely N-dealkylation sites (tertiary alicyclic amines) is 2. The second-order valence-electron chi connectivity index (χ2n) is 18.3. The van der Waals surface area contributed by atoms with Crippen molar-refractivity contribution in [2.24, 2.45) is 0 Å². The molecule has 0 radical (unpaired) electrons. The van der Waals surface area contributed by atoms with Gasteiger partial charge in [0.05, 0.1) is 35.3 Å². The van der Waals surface area contributed by atoms with Crippen LogP contribution in [0.4, 0.5) is 0 Å². The van der Waals surface area contributed by atoms with Crippen molar-refractivity contribution < 1.29 is 34.2 Å². The van der Waals surface area contributed by atoms with Crippen LogP contribution >= 0.6 is 0 Å². The fraction of sp³-hybridized carbons (Fsp3) is 0.320. The maximum absolute atomic E-state index is 14.7. The predicted molar refractivity (Wildman–Crippen MR) is 253 cm³/mol. The molecule has 3 fully saturated rings. The molecule has 0 spiro atoms. The van der Waals surface area contributed by atoms with Gasteiger partial charge in [0.2, 0.25) is 23.6 Å². The highest BCUT2D eigenvalue weighted by molar-refractivity contribution is 6.00. The molecule has 7 N–H and O–H groups in total. The number of pyridine rings is 3. The van der Waals surface area contributed by atoms with E-state index in [4.69, 9.17) is 4.98 Å². The van der Waals surface area contributed by atoms with Crippen LogP contribution in [0.1, 0.15) is 60.6 Å². The van der Waals surface area contributed by atoms with Gasteiger partial charge in [0.25, 0.3) is 5.91 Å². The van der Waals surface area contributed by atoms with E-state index in [1.54, 1.807) is 12.3 Å². The number of aromatic amines is 2. The fourth-order valence-electron chi connectivity index (χ4n) is 9.94. The zero-order valence-corrected chi connectivity index (χ0v) is 38.0. The van der Waals surface area contributed by atoms with Crippen LogP contribution in [0.25, 0.3) is 38.9 Å². The molecule has 0 bridgehead atoms. The molecule has 2 saturated heterocycles. The highest BCUT2D eigenvalue weighted by atomic mass is 16.3. The van der Waals surface area contributed by atoms with Gasteiger partial charge in [0, 0.05) is 84.9 Å². The van der Waals surface area contributed by atoms with E-state index in [0.717, 1.165) is 28.7 Å². The maximum Gasteiger partial charge on any atom is 0.347 e. The van der Waals surface area contributed by atoms with Gasteiger partial charge in [-0.15, -0.1) is 0 Å². The van der Waals surface area contributed by atoms with E-state index in [-0.39, 0.29) is 43.6 Å². The molecule has 6 atom stereocenters. The maximum atomic E-state index is 14.7. The third-order valence-corrected chi connectivity index (χ3v) is 13.7. The van der Waals surface area contributed by atoms with Crippen LogP contribution in [0.5, 0.6) is 0 Å². The smallest absolute Gasteiger partial charge is 0.347 e. The number of aliphatic hydroxyl groups excluding tert-OH is 2. The Morgan fingerprint density at radius 1 is 0.829 bits per heavy atom. The summed E-state index contributed by atoms with van der Waals surface area (Å²) in [6, 6.07) is 19.8. The molecule has 7 heterocycles. The van der Waals surface area contributed by atoms with Gasteiger partial charge in [0.15, 0.2) is 5.65 Å². The van der Waals surface area contributed by atoms with Crippen LogP contribution in [0, 0.1) is 0 Å². The van der Waals surface area contributed by atoms with Crippen molar-refractivity contribution in [3.8, 4) is 22.4 Å². The molecule has 2 aromatic carbocycles. The van der Waals surface area contributed by atoms with Gasteiger partial charge in [-0.2, -0.15) is 5.10 Å². The highest BCUT2D eigenvalue weighted by Crippen LogP contribution is 2.43. The zero-order valence-electron chi connectivity index (χ0n) is 38.0. The molecule has 70 heavy (non-hydrogen) atoms. The van der Waals surface area contributed by atoms with Crippen molar-refractivity contribution in [2.45, 2.75) is 87.4 Å². The lowest BCUT2D eigenvalue weighted by atomic mass is 9.71. The molecule has 10 rings (SSSR count). The van der Waals surface area contributed by atoms with Crippen LogP contribution in [-0.2, 0) is 31.1 Å². The molecule has 3 aliphatic rings. The lowest BCUT2D eigenvalue weighted by molar-refractivity contribution is -0.144. The number of benzene rings is 2. The molecule has 20 heteroatoms. The van der Waals surface area contributed by atoms with Gasteiger partial charge in [-0.25, -0.2) is 24.3 Å². The number of carbonyl (C=O) groups excluding carboxylic acids is 5. The second kappa shape index (κ2) is 18.8. The van der Waals surface area contributed by atoms with Gasteiger partial charge in [-0.1, -0.05) is 54.6 Å². The molecule has 20 nitrogen and oxygen atoms in total. The minimum Gasteiger partial charge on any atom is -0.391 e. The molecular formula is C50H50N12O8. The molecular weight excluding hydrogens is 897 g/mol. The number of imidazole rings is 1. The number of hydrogen-bond donors (Lipinski definition) is 7. The average Bonchev–Trinajstić information content (AvgIpc) is 4.20. The molecule has 0 unspecified atom stereocenters. The quantitative estimate of drug-likeness (QED) is 0.0875. The third-order valence-electron chi connectivity index (χ3n) is 13.7. The Morgan fingerprint density at radius 3 is 2.20 bits per heavy atom. The number of carbonyl (C=O) groups is 5. The average molecular weight is 947 g/mol. The second-order valence-corrected chi connectivity index (χ2v) is 18.3. The first kappa shape index (κ1) is 45.7. The number of aliphatic hydroxyl groups is 2. The molecule has 1 saturated carbocycles. The van der Waals surface area contributed by atoms with E-state index in [1.165, 1.54) is 58.2 Å². The number of β-amino-alcohol motifs (C(OH)–C–C–N with tert-alkyl or cyclic N) is 2. The first-order chi connectivity index (χ1) is 33.9. The van der Waals surface area contributed by atoms with Crippen LogP contribution < -0.4 is 21.6 Å². The van der Waals surface area contributed by atoms with Crippen LogP contribution in [0.2, 0.25) is 0 Å². The van der Waals surface area contributed by atoms with Crippen molar-refractivity contribution in [2.75, 3.05) is 13.1 Å². The Balaban J connectivity index is 0.870. The van der Waals surface area contributed by atoms with E-state index < -0.39 is 71.5 Å². The predicted octanol–water partition coefficient (Wildman–Crippen LogP) is 1.99. The number of amides is 5. The topological polar surface area (TPSA) is 273 Å². The summed E-state index contributed by atoms with van der Waals surface area (Å²) in [7, 11) is 0. The summed E-state index contributed by atoms with van der Waals surface area (Å²) < 4.78 is 1.44. The van der Waals surface area contributed by atoms with Gasteiger partial charge in [-0.05, 0) is 61.6 Å². The Bertz CT molecular complexity index is 3160. The van der Waals surface area contributed by atoms with E-state index in [1.807, 2.05) is 60.7 Å². The van der Waals surface area contributed by atoms with Crippen molar-refractivity contribution in [3.63, 3.8) is 0 Å². The van der Waals surface area contributed by atoms with Crippen LogP contribution in [0.3, 0.4) is 0 Å². The molecule has 2 aliphatic heterocycles. The Hall–Kier alpha value is -8.10. The molecule has 7 aromatic rings. The van der Waals surface area contributed by atoms with E-state index in [2.05, 4.69) is 41.1 Å². The summed E-state index contributed by atoms with van der Waals surface area (Å²) in [5.41, 5.74) is 4.97. The summed E-state index contributed by atoms with van der Waals surface area (Å²) in [5.74, 6) is -2.92. The standard InChI is InChI=1S/C50H50N12O8/c1-28(54-44(65)31-12-17-51-18-13-31)47(68)61-25-34(63)21-40(61)45(66)56-39(20-33-24-52-27-53-33)48(69)62-26-35(64)22-41(62)46(67)57-50(15-5-16-50)32-10-8-30(9-11-32)42-36(29-6-3-2-4-7-29)23-37-38(55-42)14-19-60-43(37)58-59-49(60)70/h2-4,6-14,17-19,23-24,27-28,34-35,39-41,63-64H,5,15-16,20-22,25-26H2,1H3,(H,52,53)(H,54,65)(H,56,66)(H,57,67)(H,59,70)/t28-,34-,35-,39+,40+,41+/m1/s1. The largest absolute Gasteiger partial charge is 0.391 e. The van der Waals surface area contributed by atoms with Gasteiger partial charge in [-0.3, -0.25) is 29.0 Å². The SMILES string of the molecule is C[C@@H](NC(=O)c1ccncc1)C(=O)N1C[C@H](O)C[C@H]1C(=O)N[C@@H](Cc1cnc[nH]1)C(=O)N1C[C@H](O)C[C@H]1C(=O)NC1(c2ccc(-c3nc4ccn5c(=O)[nH]nc5c4cc3-c3ccccc3)cc2)CCC1. The van der Waals surface area contributed by atoms with E-state index >= 15 is 0 Å². The molecule has 358 valence electrons. The summed E-state index contributed by atoms with van der Waals surface area (Å²) in [5, 5.41) is 37.9. The van der Waals surface area contributed by atoms with E-state index in [0.29, 0.717) is 40.8 Å². The normalized spacial score (nSPS) is 20.4. The number of hydrogen-bond acceptors (Lipinski definition) is 12. The highest BCUT2D eigenvalue weighted by Gasteiger charge is 2.47. The number of nitrogens with one attached hydrogen (secondary N) is 5. The van der Waals surface area contributed by atoms with Gasteiger partial charge >= 0.3 is 5.69 Å². The number of H-pyrrole nitrogens is 2. The first-order valence-electron chi connectivity index (χ1n) is 23.2. The summed E-state index contributed by atoms with van der Waals surface area (Å²) in [6.07, 6.45) is 7.29. The Morgan fingerprint density at radius 2 is 1.53 bits per heavy atom. The third kappa shape index (κ3) is 8.77. The lowest BCUT2D eigenvalue weighted by Crippen LogP contribution is -2.60. The summed E-state index contributed by atoms with van der Waals surface area (Å²) >= 11 is 0. The lowest BCUT2D eigenvalue weighted by Gasteiger charge is -2.44. The van der Waals surface area contributed by atoms with Crippen molar-refractivity contribution in [1.29, 1.82) is 0 Å². The number of nitrogens with zero attached hydrogens (tertiary/aromatic N) is 7. The summed E-state index contributed by atoms with van der Waals surface area (Å²) in [6.45, 7) is 1.14. The van der Waals surface area contributed by atoms with Crippen molar-refractivity contribution >= 4 is 46.1 Å². The van der Waals surface area contributed by atoms with E-state index in [9.17, 15) is 39.0 Å². The first-order valence-corrected chi connectivity index (χ1v) is 23.2. The van der Waals surface area contributed by atoms with Crippen molar-refractivity contribution in [1.82, 2.24) is 60.3 Å². The van der Waals surface area contributed by atoms with Crippen LogP contribution in [-0.4, -0.2) is 134 Å².